The lowest BCUT2D eigenvalue weighted by atomic mass is 9.94. The van der Waals surface area contributed by atoms with Crippen molar-refractivity contribution in [1.29, 1.82) is 0 Å². The first kappa shape index (κ1) is 26.9. The van der Waals surface area contributed by atoms with Gasteiger partial charge in [-0.05, 0) is 80.1 Å². The number of benzene rings is 3. The SMILES string of the molecule is Cc1cc(-c2ccccc2C(C)OC[C@H](O)CNC(C)(C)Cc2cccc(Cl)c2)ccc1C(=O)O. The first-order chi connectivity index (χ1) is 16.6. The Kier molecular flexibility index (Phi) is 9.09. The molecular weight excluding hydrogens is 462 g/mol. The van der Waals surface area contributed by atoms with Crippen molar-refractivity contribution in [3.05, 3.63) is 94.0 Å². The lowest BCUT2D eigenvalue weighted by molar-refractivity contribution is -0.00397. The van der Waals surface area contributed by atoms with Crippen molar-refractivity contribution in [3.8, 4) is 11.1 Å². The maximum absolute atomic E-state index is 11.4. The van der Waals surface area contributed by atoms with Gasteiger partial charge in [0, 0.05) is 17.1 Å². The summed E-state index contributed by atoms with van der Waals surface area (Å²) < 4.78 is 6.04. The van der Waals surface area contributed by atoms with Crippen LogP contribution in [-0.2, 0) is 11.2 Å². The van der Waals surface area contributed by atoms with Gasteiger partial charge in [0.05, 0.1) is 24.4 Å². The highest BCUT2D eigenvalue weighted by atomic mass is 35.5. The minimum atomic E-state index is -0.933. The zero-order valence-corrected chi connectivity index (χ0v) is 21.5. The Balaban J connectivity index is 1.59. The van der Waals surface area contributed by atoms with Crippen LogP contribution in [0.2, 0.25) is 5.02 Å². The van der Waals surface area contributed by atoms with E-state index in [-0.39, 0.29) is 18.2 Å². The molecule has 3 aromatic rings. The summed E-state index contributed by atoms with van der Waals surface area (Å²) in [7, 11) is 0. The highest BCUT2D eigenvalue weighted by molar-refractivity contribution is 6.30. The van der Waals surface area contributed by atoms with Crippen LogP contribution in [0.15, 0.2) is 66.7 Å². The molecule has 0 heterocycles. The third-order valence-corrected chi connectivity index (χ3v) is 6.29. The van der Waals surface area contributed by atoms with E-state index in [1.165, 1.54) is 0 Å². The van der Waals surface area contributed by atoms with Gasteiger partial charge < -0.3 is 20.3 Å². The van der Waals surface area contributed by atoms with Crippen LogP contribution in [0.25, 0.3) is 11.1 Å². The molecular formula is C29H34ClNO4. The summed E-state index contributed by atoms with van der Waals surface area (Å²) in [6.07, 6.45) is -0.134. The van der Waals surface area contributed by atoms with Crippen LogP contribution >= 0.6 is 11.6 Å². The van der Waals surface area contributed by atoms with Crippen LogP contribution in [0.5, 0.6) is 0 Å². The first-order valence-electron chi connectivity index (χ1n) is 11.8. The van der Waals surface area contributed by atoms with Crippen molar-refractivity contribution in [2.45, 2.75) is 51.9 Å². The number of nitrogens with one attached hydrogen (secondary N) is 1. The molecule has 0 aliphatic rings. The topological polar surface area (TPSA) is 78.8 Å². The fourth-order valence-electron chi connectivity index (χ4n) is 4.20. The van der Waals surface area contributed by atoms with Crippen molar-refractivity contribution in [1.82, 2.24) is 5.32 Å². The van der Waals surface area contributed by atoms with Gasteiger partial charge in [-0.1, -0.05) is 60.1 Å². The smallest absolute Gasteiger partial charge is 0.335 e. The summed E-state index contributed by atoms with van der Waals surface area (Å²) in [5, 5.41) is 24.0. The fraction of sp³-hybridized carbons (Fsp3) is 0.345. The molecule has 0 aliphatic carbocycles. The van der Waals surface area contributed by atoms with Gasteiger partial charge >= 0.3 is 5.97 Å². The molecule has 0 aromatic heterocycles. The summed E-state index contributed by atoms with van der Waals surface area (Å²) in [4.78, 5) is 11.4. The number of carbonyl (C=O) groups is 1. The number of halogens is 1. The monoisotopic (exact) mass is 495 g/mol. The first-order valence-corrected chi connectivity index (χ1v) is 12.2. The molecule has 0 saturated carbocycles. The lowest BCUT2D eigenvalue weighted by Gasteiger charge is -2.28. The molecule has 6 heteroatoms. The molecule has 0 bridgehead atoms. The summed E-state index contributed by atoms with van der Waals surface area (Å²) in [6, 6.07) is 21.1. The van der Waals surface area contributed by atoms with Gasteiger partial charge in [-0.25, -0.2) is 4.79 Å². The summed E-state index contributed by atoms with van der Waals surface area (Å²) in [6.45, 7) is 8.54. The van der Waals surface area contributed by atoms with Crippen molar-refractivity contribution >= 4 is 17.6 Å². The number of rotatable bonds is 11. The predicted molar refractivity (Wildman–Crippen MR) is 141 cm³/mol. The Morgan fingerprint density at radius 2 is 1.83 bits per heavy atom. The van der Waals surface area contributed by atoms with Crippen LogP contribution in [0.1, 0.15) is 53.9 Å². The number of hydrogen-bond donors (Lipinski definition) is 3. The second-order valence-electron chi connectivity index (χ2n) is 9.62. The molecule has 0 amide bonds. The molecule has 3 N–H and O–H groups in total. The summed E-state index contributed by atoms with van der Waals surface area (Å²) in [5.41, 5.74) is 4.82. The lowest BCUT2D eigenvalue weighted by Crippen LogP contribution is -2.46. The Labute approximate surface area is 212 Å². The largest absolute Gasteiger partial charge is 0.478 e. The van der Waals surface area contributed by atoms with Gasteiger partial charge in [-0.15, -0.1) is 0 Å². The molecule has 3 rings (SSSR count). The van der Waals surface area contributed by atoms with Crippen LogP contribution in [0.4, 0.5) is 0 Å². The molecule has 0 saturated heterocycles. The molecule has 0 spiro atoms. The standard InChI is InChI=1S/C29H34ClNO4/c1-19-14-22(12-13-25(19)28(33)34)27-11-6-5-10-26(27)20(2)35-18-24(32)17-31-29(3,4)16-21-8-7-9-23(30)15-21/h5-15,20,24,31-32H,16-18H2,1-4H3,(H,33,34)/t20?,24-/m1/s1. The minimum absolute atomic E-state index is 0.187. The third kappa shape index (κ3) is 7.64. The second kappa shape index (κ2) is 11.8. The number of aliphatic hydroxyl groups excluding tert-OH is 1. The summed E-state index contributed by atoms with van der Waals surface area (Å²) >= 11 is 6.10. The van der Waals surface area contributed by atoms with E-state index in [9.17, 15) is 15.0 Å². The average Bonchev–Trinajstić information content (AvgIpc) is 2.80. The van der Waals surface area contributed by atoms with Crippen molar-refractivity contribution < 1.29 is 19.7 Å². The third-order valence-electron chi connectivity index (χ3n) is 6.06. The van der Waals surface area contributed by atoms with Crippen LogP contribution in [-0.4, -0.2) is 41.0 Å². The van der Waals surface area contributed by atoms with Gasteiger partial charge in [0.1, 0.15) is 0 Å². The quantitative estimate of drug-likeness (QED) is 0.301. The van der Waals surface area contributed by atoms with Crippen LogP contribution in [0, 0.1) is 6.92 Å². The highest BCUT2D eigenvalue weighted by Gasteiger charge is 2.21. The molecule has 0 radical (unpaired) electrons. The zero-order chi connectivity index (χ0) is 25.6. The van der Waals surface area contributed by atoms with Gasteiger partial charge in [0.15, 0.2) is 0 Å². The maximum Gasteiger partial charge on any atom is 0.335 e. The van der Waals surface area contributed by atoms with Gasteiger partial charge in [-0.2, -0.15) is 0 Å². The molecule has 186 valence electrons. The van der Waals surface area contributed by atoms with E-state index in [0.717, 1.165) is 28.7 Å². The average molecular weight is 496 g/mol. The maximum atomic E-state index is 11.4. The molecule has 1 unspecified atom stereocenters. The zero-order valence-electron chi connectivity index (χ0n) is 20.7. The number of aromatic carboxylic acids is 1. The van der Waals surface area contributed by atoms with E-state index in [1.54, 1.807) is 13.0 Å². The van der Waals surface area contributed by atoms with E-state index in [0.29, 0.717) is 22.7 Å². The Bertz CT molecular complexity index is 1160. The van der Waals surface area contributed by atoms with E-state index in [2.05, 4.69) is 19.2 Å². The van der Waals surface area contributed by atoms with Crippen molar-refractivity contribution in [2.24, 2.45) is 0 Å². The van der Waals surface area contributed by atoms with Crippen LogP contribution < -0.4 is 5.32 Å². The Hall–Kier alpha value is -2.70. The van der Waals surface area contributed by atoms with E-state index in [4.69, 9.17) is 16.3 Å². The molecule has 0 fully saturated rings. The molecule has 2 atom stereocenters. The molecule has 5 nitrogen and oxygen atoms in total. The second-order valence-corrected chi connectivity index (χ2v) is 10.1. The van der Waals surface area contributed by atoms with Gasteiger partial charge in [0.25, 0.3) is 0 Å². The number of aliphatic hydroxyl groups is 1. The van der Waals surface area contributed by atoms with Crippen LogP contribution in [0.3, 0.4) is 0 Å². The van der Waals surface area contributed by atoms with E-state index >= 15 is 0 Å². The Morgan fingerprint density at radius 3 is 2.51 bits per heavy atom. The minimum Gasteiger partial charge on any atom is -0.478 e. The number of hydrogen-bond acceptors (Lipinski definition) is 4. The van der Waals surface area contributed by atoms with Crippen molar-refractivity contribution in [3.63, 3.8) is 0 Å². The molecule has 3 aromatic carbocycles. The highest BCUT2D eigenvalue weighted by Crippen LogP contribution is 2.31. The molecule has 35 heavy (non-hydrogen) atoms. The normalized spacial score (nSPS) is 13.4. The number of carboxylic acids is 1. The van der Waals surface area contributed by atoms with Gasteiger partial charge in [-0.3, -0.25) is 0 Å². The Morgan fingerprint density at radius 1 is 1.09 bits per heavy atom. The number of ether oxygens (including phenoxy) is 1. The number of aryl methyl sites for hydroxylation is 1. The summed E-state index contributed by atoms with van der Waals surface area (Å²) in [5.74, 6) is -0.933. The van der Waals surface area contributed by atoms with Crippen molar-refractivity contribution in [2.75, 3.05) is 13.2 Å². The molecule has 0 aliphatic heterocycles. The van der Waals surface area contributed by atoms with Gasteiger partial charge in [0.2, 0.25) is 0 Å². The number of β-amino-alcohol motifs (C(OH)–C–C–N with tert-alkyl or cyclic N) is 1. The van der Waals surface area contributed by atoms with E-state index < -0.39 is 12.1 Å². The fourth-order valence-corrected chi connectivity index (χ4v) is 4.42. The predicted octanol–water partition coefficient (Wildman–Crippen LogP) is 6.06. The number of carboxylic acid groups (broad SMARTS) is 1. The van der Waals surface area contributed by atoms with E-state index in [1.807, 2.05) is 67.6 Å².